The van der Waals surface area contributed by atoms with Crippen LogP contribution in [0.5, 0.6) is 0 Å². The first-order valence-corrected chi connectivity index (χ1v) is 9.12. The van der Waals surface area contributed by atoms with Gasteiger partial charge in [0.2, 0.25) is 0 Å². The second-order valence-corrected chi connectivity index (χ2v) is 7.52. The molecule has 0 amide bonds. The van der Waals surface area contributed by atoms with Gasteiger partial charge in [-0.2, -0.15) is 0 Å². The minimum absolute atomic E-state index is 0.184. The summed E-state index contributed by atoms with van der Waals surface area (Å²) in [5.41, 5.74) is 3.02. The van der Waals surface area contributed by atoms with E-state index in [0.29, 0.717) is 16.9 Å². The van der Waals surface area contributed by atoms with E-state index in [1.165, 1.54) is 6.26 Å². The van der Waals surface area contributed by atoms with Crippen molar-refractivity contribution < 1.29 is 13.2 Å². The fourth-order valence-corrected chi connectivity index (χ4v) is 2.99. The zero-order chi connectivity index (χ0) is 16.4. The second-order valence-electron chi connectivity index (χ2n) is 5.38. The molecule has 118 valence electrons. The Morgan fingerprint density at radius 1 is 1.09 bits per heavy atom. The Kier molecular flexibility index (Phi) is 3.92. The molecule has 0 aliphatic carbocycles. The fraction of sp³-hybridized carbons (Fsp3) is 0.118. The molecule has 0 atom stereocenters. The summed E-state index contributed by atoms with van der Waals surface area (Å²) < 4.78 is 22.9. The molecular weight excluding hydrogens is 312 g/mol. The number of aromatic nitrogens is 1. The standard InChI is InChI=1S/C17H16N2O3S/c1-23(21,22)11-18-17-15(12-6-3-2-4-7-12)14-9-5-8-13(10-20)16(14)19-17/h2-10,18-19H,11H2,1H3. The Morgan fingerprint density at radius 2 is 1.83 bits per heavy atom. The van der Waals surface area contributed by atoms with Gasteiger partial charge in [0.15, 0.2) is 16.1 Å². The van der Waals surface area contributed by atoms with Gasteiger partial charge in [-0.1, -0.05) is 42.5 Å². The van der Waals surface area contributed by atoms with E-state index < -0.39 is 9.84 Å². The Balaban J connectivity index is 2.23. The van der Waals surface area contributed by atoms with E-state index in [-0.39, 0.29) is 5.88 Å². The number of benzene rings is 2. The summed E-state index contributed by atoms with van der Waals surface area (Å²) in [4.78, 5) is 14.4. The normalized spacial score (nSPS) is 11.5. The molecule has 5 nitrogen and oxygen atoms in total. The molecule has 2 N–H and O–H groups in total. The molecule has 23 heavy (non-hydrogen) atoms. The van der Waals surface area contributed by atoms with Crippen LogP contribution >= 0.6 is 0 Å². The van der Waals surface area contributed by atoms with Crippen molar-refractivity contribution >= 4 is 32.8 Å². The largest absolute Gasteiger partial charge is 0.357 e. The van der Waals surface area contributed by atoms with E-state index in [9.17, 15) is 13.2 Å². The number of hydrogen-bond acceptors (Lipinski definition) is 4. The molecular formula is C17H16N2O3S. The van der Waals surface area contributed by atoms with E-state index in [1.807, 2.05) is 42.5 Å². The molecule has 0 spiro atoms. The lowest BCUT2D eigenvalue weighted by molar-refractivity contribution is 0.112. The van der Waals surface area contributed by atoms with Crippen LogP contribution in [-0.4, -0.2) is 31.8 Å². The maximum Gasteiger partial charge on any atom is 0.165 e. The van der Waals surface area contributed by atoms with Crippen LogP contribution in [0.25, 0.3) is 22.0 Å². The number of H-pyrrole nitrogens is 1. The van der Waals surface area contributed by atoms with Crippen LogP contribution in [0, 0.1) is 0 Å². The van der Waals surface area contributed by atoms with Crippen LogP contribution in [0.15, 0.2) is 48.5 Å². The Hall–Kier alpha value is -2.60. The molecule has 1 aromatic heterocycles. The topological polar surface area (TPSA) is 79.0 Å². The minimum Gasteiger partial charge on any atom is -0.357 e. The summed E-state index contributed by atoms with van der Waals surface area (Å²) in [5.74, 6) is 0.404. The SMILES string of the molecule is CS(=O)(=O)CNc1[nH]c2c(C=O)cccc2c1-c1ccccc1. The molecule has 0 bridgehead atoms. The van der Waals surface area contributed by atoms with Gasteiger partial charge in [-0.05, 0) is 11.6 Å². The van der Waals surface area contributed by atoms with Crippen molar-refractivity contribution in [1.82, 2.24) is 4.98 Å². The highest BCUT2D eigenvalue weighted by molar-refractivity contribution is 7.90. The zero-order valence-electron chi connectivity index (χ0n) is 12.5. The Labute approximate surface area is 134 Å². The van der Waals surface area contributed by atoms with Gasteiger partial charge in [-0.25, -0.2) is 8.42 Å². The van der Waals surface area contributed by atoms with Crippen LogP contribution in [-0.2, 0) is 9.84 Å². The summed E-state index contributed by atoms with van der Waals surface area (Å²) >= 11 is 0. The van der Waals surface area contributed by atoms with Crippen molar-refractivity contribution in [2.75, 3.05) is 17.4 Å². The molecule has 3 aromatic rings. The number of carbonyl (C=O) groups is 1. The molecule has 0 fully saturated rings. The summed E-state index contributed by atoms with van der Waals surface area (Å²) in [7, 11) is -3.18. The van der Waals surface area contributed by atoms with Crippen molar-refractivity contribution in [2.45, 2.75) is 0 Å². The Bertz CT molecular complexity index is 960. The van der Waals surface area contributed by atoms with Crippen molar-refractivity contribution in [3.8, 4) is 11.1 Å². The van der Waals surface area contributed by atoms with Crippen molar-refractivity contribution in [3.05, 3.63) is 54.1 Å². The number of aromatic amines is 1. The number of hydrogen-bond donors (Lipinski definition) is 2. The van der Waals surface area contributed by atoms with E-state index in [2.05, 4.69) is 10.3 Å². The molecule has 6 heteroatoms. The molecule has 3 rings (SSSR count). The van der Waals surface area contributed by atoms with E-state index in [4.69, 9.17) is 0 Å². The fourth-order valence-electron chi connectivity index (χ4n) is 2.58. The first kappa shape index (κ1) is 15.3. The number of para-hydroxylation sites is 1. The van der Waals surface area contributed by atoms with Crippen molar-refractivity contribution in [1.29, 1.82) is 0 Å². The summed E-state index contributed by atoms with van der Waals surface area (Å²) in [6.07, 6.45) is 1.95. The molecule has 0 saturated heterocycles. The maximum absolute atomic E-state index is 11.5. The first-order chi connectivity index (χ1) is 11.0. The number of fused-ring (bicyclic) bond motifs is 1. The molecule has 0 aliphatic heterocycles. The quantitative estimate of drug-likeness (QED) is 0.706. The summed E-state index contributed by atoms with van der Waals surface area (Å²) in [5, 5.41) is 3.81. The number of aldehydes is 1. The third-order valence-corrected chi connectivity index (χ3v) is 4.24. The summed E-state index contributed by atoms with van der Waals surface area (Å²) in [6.45, 7) is 0. The van der Waals surface area contributed by atoms with Gasteiger partial charge in [-0.15, -0.1) is 0 Å². The molecule has 2 aromatic carbocycles. The average molecular weight is 328 g/mol. The van der Waals surface area contributed by atoms with E-state index in [0.717, 1.165) is 22.8 Å². The van der Waals surface area contributed by atoms with Gasteiger partial charge in [0.05, 0.1) is 5.52 Å². The average Bonchev–Trinajstić information content (AvgIpc) is 2.91. The highest BCUT2D eigenvalue weighted by Crippen LogP contribution is 2.36. The molecule has 0 unspecified atom stereocenters. The lowest BCUT2D eigenvalue weighted by atomic mass is 10.0. The minimum atomic E-state index is -3.18. The van der Waals surface area contributed by atoms with Crippen LogP contribution in [0.3, 0.4) is 0 Å². The molecule has 0 saturated carbocycles. The second kappa shape index (κ2) is 5.89. The van der Waals surface area contributed by atoms with Crippen LogP contribution < -0.4 is 5.32 Å². The number of nitrogens with one attached hydrogen (secondary N) is 2. The van der Waals surface area contributed by atoms with Gasteiger partial charge in [0, 0.05) is 22.8 Å². The number of sulfone groups is 1. The van der Waals surface area contributed by atoms with Gasteiger partial charge in [0.25, 0.3) is 0 Å². The third-order valence-electron chi connectivity index (χ3n) is 3.57. The van der Waals surface area contributed by atoms with Gasteiger partial charge >= 0.3 is 0 Å². The highest BCUT2D eigenvalue weighted by Gasteiger charge is 2.16. The summed E-state index contributed by atoms with van der Waals surface area (Å²) in [6, 6.07) is 15.1. The van der Waals surface area contributed by atoms with E-state index >= 15 is 0 Å². The van der Waals surface area contributed by atoms with Gasteiger partial charge in [-0.3, -0.25) is 4.79 Å². The van der Waals surface area contributed by atoms with Gasteiger partial charge < -0.3 is 10.3 Å². The number of carbonyl (C=O) groups excluding carboxylic acids is 1. The third kappa shape index (κ3) is 3.12. The zero-order valence-corrected chi connectivity index (χ0v) is 13.4. The Morgan fingerprint density at radius 3 is 2.48 bits per heavy atom. The molecule has 0 aliphatic rings. The number of anilines is 1. The van der Waals surface area contributed by atoms with Crippen molar-refractivity contribution in [3.63, 3.8) is 0 Å². The predicted octanol–water partition coefficient (Wildman–Crippen LogP) is 3.06. The molecule has 0 radical (unpaired) electrons. The lowest BCUT2D eigenvalue weighted by Gasteiger charge is -2.07. The van der Waals surface area contributed by atoms with Gasteiger partial charge in [0.1, 0.15) is 11.7 Å². The van der Waals surface area contributed by atoms with E-state index in [1.54, 1.807) is 6.07 Å². The molecule has 1 heterocycles. The van der Waals surface area contributed by atoms with Crippen LogP contribution in [0.1, 0.15) is 10.4 Å². The number of rotatable bonds is 5. The predicted molar refractivity (Wildman–Crippen MR) is 92.5 cm³/mol. The van der Waals surface area contributed by atoms with Crippen LogP contribution in [0.2, 0.25) is 0 Å². The highest BCUT2D eigenvalue weighted by atomic mass is 32.2. The monoisotopic (exact) mass is 328 g/mol. The maximum atomic E-state index is 11.5. The lowest BCUT2D eigenvalue weighted by Crippen LogP contribution is -2.13. The van der Waals surface area contributed by atoms with Crippen LogP contribution in [0.4, 0.5) is 5.82 Å². The first-order valence-electron chi connectivity index (χ1n) is 7.06. The van der Waals surface area contributed by atoms with Crippen molar-refractivity contribution in [2.24, 2.45) is 0 Å². The smallest absolute Gasteiger partial charge is 0.165 e.